The van der Waals surface area contributed by atoms with E-state index in [1.165, 1.54) is 22.2 Å². The van der Waals surface area contributed by atoms with Crippen LogP contribution >= 0.6 is 27.3 Å². The van der Waals surface area contributed by atoms with Gasteiger partial charge in [0.25, 0.3) is 11.5 Å². The average Bonchev–Trinajstić information content (AvgIpc) is 3.17. The zero-order chi connectivity index (χ0) is 21.1. The first-order valence-corrected chi connectivity index (χ1v) is 10.8. The number of benzene rings is 2. The van der Waals surface area contributed by atoms with Crippen LogP contribution in [0.5, 0.6) is 0 Å². The molecule has 4 aromatic rings. The summed E-state index contributed by atoms with van der Waals surface area (Å²) in [6.45, 7) is 1.85. The van der Waals surface area contributed by atoms with Crippen LogP contribution in [0.1, 0.15) is 11.1 Å². The van der Waals surface area contributed by atoms with E-state index >= 15 is 0 Å². The van der Waals surface area contributed by atoms with Gasteiger partial charge in [0.05, 0.1) is 17.9 Å². The number of thiophene rings is 1. The van der Waals surface area contributed by atoms with Gasteiger partial charge in [0.2, 0.25) is 0 Å². The van der Waals surface area contributed by atoms with Crippen molar-refractivity contribution < 1.29 is 4.79 Å². The highest BCUT2D eigenvalue weighted by atomic mass is 79.9. The number of halogens is 1. The molecule has 6 nitrogen and oxygen atoms in total. The van der Waals surface area contributed by atoms with Crippen LogP contribution < -0.4 is 11.0 Å². The predicted octanol–water partition coefficient (Wildman–Crippen LogP) is 4.35. The Hall–Kier alpha value is -3.10. The summed E-state index contributed by atoms with van der Waals surface area (Å²) in [5, 5.41) is 6.40. The van der Waals surface area contributed by atoms with Crippen molar-refractivity contribution in [2.75, 3.05) is 0 Å². The third kappa shape index (κ3) is 4.39. The molecule has 1 amide bonds. The molecule has 0 atom stereocenters. The van der Waals surface area contributed by atoms with E-state index in [2.05, 4.69) is 31.4 Å². The second-order valence-corrected chi connectivity index (χ2v) is 8.49. The van der Waals surface area contributed by atoms with Crippen molar-refractivity contribution in [3.63, 3.8) is 0 Å². The van der Waals surface area contributed by atoms with E-state index < -0.39 is 5.91 Å². The largest absolute Gasteiger partial charge is 0.289 e. The van der Waals surface area contributed by atoms with Crippen LogP contribution in [0.4, 0.5) is 0 Å². The van der Waals surface area contributed by atoms with Crippen LogP contribution in [0.15, 0.2) is 74.6 Å². The quantitative estimate of drug-likeness (QED) is 0.340. The first-order valence-electron chi connectivity index (χ1n) is 9.12. The van der Waals surface area contributed by atoms with E-state index in [-0.39, 0.29) is 12.1 Å². The second-order valence-electron chi connectivity index (χ2n) is 6.72. The van der Waals surface area contributed by atoms with Crippen LogP contribution in [0.3, 0.4) is 0 Å². The van der Waals surface area contributed by atoms with Gasteiger partial charge in [-0.2, -0.15) is 5.10 Å². The molecule has 150 valence electrons. The van der Waals surface area contributed by atoms with Crippen LogP contribution in [0.25, 0.3) is 21.3 Å². The van der Waals surface area contributed by atoms with Gasteiger partial charge in [0.15, 0.2) is 0 Å². The fraction of sp³-hybridized carbons (Fsp3) is 0.0909. The van der Waals surface area contributed by atoms with Crippen LogP contribution in [-0.4, -0.2) is 21.7 Å². The number of hydrazone groups is 1. The third-order valence-electron chi connectivity index (χ3n) is 4.51. The Bertz CT molecular complexity index is 1290. The number of aromatic nitrogens is 2. The lowest BCUT2D eigenvalue weighted by molar-refractivity contribution is -0.121. The van der Waals surface area contributed by atoms with Gasteiger partial charge in [-0.3, -0.25) is 14.2 Å². The third-order valence-corrected chi connectivity index (χ3v) is 5.93. The van der Waals surface area contributed by atoms with Crippen LogP contribution in [0, 0.1) is 6.92 Å². The molecule has 2 heterocycles. The van der Waals surface area contributed by atoms with E-state index in [9.17, 15) is 9.59 Å². The maximum Gasteiger partial charge on any atom is 0.263 e. The second kappa shape index (κ2) is 8.73. The molecule has 2 aromatic carbocycles. The normalized spacial score (nSPS) is 11.3. The number of amides is 1. The van der Waals surface area contributed by atoms with Gasteiger partial charge in [-0.05, 0) is 30.2 Å². The summed E-state index contributed by atoms with van der Waals surface area (Å²) in [6.07, 6.45) is 2.95. The number of hydrogen-bond donors (Lipinski definition) is 1. The Balaban J connectivity index is 1.54. The highest BCUT2D eigenvalue weighted by molar-refractivity contribution is 9.10. The summed E-state index contributed by atoms with van der Waals surface area (Å²) in [5.41, 5.74) is 5.98. The smallest absolute Gasteiger partial charge is 0.263 e. The van der Waals surface area contributed by atoms with Gasteiger partial charge in [-0.1, -0.05) is 57.9 Å². The van der Waals surface area contributed by atoms with E-state index in [4.69, 9.17) is 0 Å². The molecule has 0 aliphatic heterocycles. The summed E-state index contributed by atoms with van der Waals surface area (Å²) in [6, 6.07) is 15.5. The summed E-state index contributed by atoms with van der Waals surface area (Å²) in [4.78, 5) is 30.3. The van der Waals surface area contributed by atoms with E-state index in [1.54, 1.807) is 6.21 Å². The molecule has 0 saturated carbocycles. The van der Waals surface area contributed by atoms with Crippen molar-refractivity contribution in [2.24, 2.45) is 5.10 Å². The summed E-state index contributed by atoms with van der Waals surface area (Å²) in [5.74, 6) is -0.404. The maximum atomic E-state index is 13.0. The highest BCUT2D eigenvalue weighted by Gasteiger charge is 2.14. The molecule has 1 N–H and O–H groups in total. The van der Waals surface area contributed by atoms with Crippen molar-refractivity contribution in [3.8, 4) is 11.1 Å². The molecular formula is C22H17BrN4O2S. The molecule has 8 heteroatoms. The molecular weight excluding hydrogens is 464 g/mol. The minimum Gasteiger partial charge on any atom is -0.289 e. The highest BCUT2D eigenvalue weighted by Crippen LogP contribution is 2.30. The van der Waals surface area contributed by atoms with Crippen molar-refractivity contribution in [1.29, 1.82) is 0 Å². The van der Waals surface area contributed by atoms with Crippen molar-refractivity contribution >= 4 is 49.6 Å². The first kappa shape index (κ1) is 20.2. The van der Waals surface area contributed by atoms with Gasteiger partial charge in [0.1, 0.15) is 11.4 Å². The Kier molecular flexibility index (Phi) is 5.87. The molecule has 0 aliphatic rings. The van der Waals surface area contributed by atoms with Crippen LogP contribution in [0.2, 0.25) is 0 Å². The number of hydrogen-bond acceptors (Lipinski definition) is 5. The standard InChI is InChI=1S/C22H17BrN4O2S/c1-14-2-6-16(7-3-14)18-12-30-21-20(18)22(29)27(13-24-21)11-19(28)26-25-10-15-4-8-17(23)9-5-15/h2-10,12-13H,11H2,1H3,(H,26,28). The average molecular weight is 481 g/mol. The fourth-order valence-corrected chi connectivity index (χ4v) is 4.11. The lowest BCUT2D eigenvalue weighted by Crippen LogP contribution is -2.30. The molecule has 0 unspecified atom stereocenters. The Morgan fingerprint density at radius 3 is 2.67 bits per heavy atom. The van der Waals surface area contributed by atoms with Crippen molar-refractivity contribution in [3.05, 3.63) is 86.2 Å². The van der Waals surface area contributed by atoms with E-state index in [0.29, 0.717) is 10.2 Å². The Labute approximate surface area is 185 Å². The predicted molar refractivity (Wildman–Crippen MR) is 124 cm³/mol. The number of nitrogens with one attached hydrogen (secondary N) is 1. The SMILES string of the molecule is Cc1ccc(-c2csc3ncn(CC(=O)NN=Cc4ccc(Br)cc4)c(=O)c23)cc1. The zero-order valence-electron chi connectivity index (χ0n) is 16.0. The summed E-state index contributed by atoms with van der Waals surface area (Å²) in [7, 11) is 0. The number of nitrogens with zero attached hydrogens (tertiary/aromatic N) is 3. The van der Waals surface area contributed by atoms with Gasteiger partial charge >= 0.3 is 0 Å². The van der Waals surface area contributed by atoms with Crippen molar-refractivity contribution in [2.45, 2.75) is 13.5 Å². The fourth-order valence-electron chi connectivity index (χ4n) is 2.94. The number of carbonyl (C=O) groups excluding carboxylic acids is 1. The minimum absolute atomic E-state index is 0.164. The lowest BCUT2D eigenvalue weighted by atomic mass is 10.1. The molecule has 0 bridgehead atoms. The zero-order valence-corrected chi connectivity index (χ0v) is 18.4. The Morgan fingerprint density at radius 2 is 1.93 bits per heavy atom. The van der Waals surface area contributed by atoms with Gasteiger partial charge < -0.3 is 0 Å². The monoisotopic (exact) mass is 480 g/mol. The van der Waals surface area contributed by atoms with Gasteiger partial charge in [-0.25, -0.2) is 10.4 Å². The summed E-state index contributed by atoms with van der Waals surface area (Å²) < 4.78 is 2.27. The number of fused-ring (bicyclic) bond motifs is 1. The maximum absolute atomic E-state index is 13.0. The molecule has 4 rings (SSSR count). The molecule has 0 saturated heterocycles. The topological polar surface area (TPSA) is 76.3 Å². The van der Waals surface area contributed by atoms with Gasteiger partial charge in [-0.15, -0.1) is 11.3 Å². The molecule has 0 fully saturated rings. The number of carbonyl (C=O) groups is 1. The molecule has 0 radical (unpaired) electrons. The van der Waals surface area contributed by atoms with E-state index in [1.807, 2.05) is 60.8 Å². The number of rotatable bonds is 5. The number of aryl methyl sites for hydroxylation is 1. The van der Waals surface area contributed by atoms with E-state index in [0.717, 1.165) is 26.7 Å². The summed E-state index contributed by atoms with van der Waals surface area (Å²) >= 11 is 4.78. The molecule has 30 heavy (non-hydrogen) atoms. The first-order chi connectivity index (χ1) is 14.5. The molecule has 0 aliphatic carbocycles. The van der Waals surface area contributed by atoms with Crippen molar-refractivity contribution in [1.82, 2.24) is 15.0 Å². The molecule has 2 aromatic heterocycles. The lowest BCUT2D eigenvalue weighted by Gasteiger charge is -2.05. The Morgan fingerprint density at radius 1 is 1.20 bits per heavy atom. The minimum atomic E-state index is -0.404. The molecule has 0 spiro atoms. The van der Waals surface area contributed by atoms with Gasteiger partial charge in [0, 0.05) is 15.4 Å². The van der Waals surface area contributed by atoms with Crippen LogP contribution in [-0.2, 0) is 11.3 Å².